The van der Waals surface area contributed by atoms with Crippen molar-refractivity contribution in [1.82, 2.24) is 19.8 Å². The number of rotatable bonds is 9. The molecule has 180 valence electrons. The van der Waals surface area contributed by atoms with Gasteiger partial charge in [0.15, 0.2) is 5.13 Å². The van der Waals surface area contributed by atoms with Gasteiger partial charge in [0.05, 0.1) is 12.6 Å². The zero-order chi connectivity index (χ0) is 23.0. The Morgan fingerprint density at radius 2 is 2.06 bits per heavy atom. The molecule has 2 aromatic heterocycles. The number of nitrogens with zero attached hydrogens (tertiary/aromatic N) is 4. The van der Waals surface area contributed by atoms with E-state index in [1.54, 1.807) is 11.3 Å². The SMILES string of the molecule is CCCCc1cnc(Nc2cccc(C3CCN(C(=O)[C@@H]4CCCCN4CCO)CC3)n2)s1. The summed E-state index contributed by atoms with van der Waals surface area (Å²) in [6, 6.07) is 6.09. The molecule has 0 bridgehead atoms. The molecule has 4 rings (SSSR count). The van der Waals surface area contributed by atoms with Crippen LogP contribution >= 0.6 is 11.3 Å². The minimum atomic E-state index is -0.0615. The number of amides is 1. The number of hydrogen-bond donors (Lipinski definition) is 2. The van der Waals surface area contributed by atoms with Gasteiger partial charge in [-0.05, 0) is 57.2 Å². The zero-order valence-corrected chi connectivity index (χ0v) is 20.5. The van der Waals surface area contributed by atoms with Gasteiger partial charge in [0.1, 0.15) is 5.82 Å². The van der Waals surface area contributed by atoms with E-state index in [-0.39, 0.29) is 18.6 Å². The topological polar surface area (TPSA) is 81.6 Å². The van der Waals surface area contributed by atoms with Gasteiger partial charge in [0.25, 0.3) is 0 Å². The van der Waals surface area contributed by atoms with Crippen LogP contribution in [0.15, 0.2) is 24.4 Å². The number of hydrogen-bond acceptors (Lipinski definition) is 7. The first kappa shape index (κ1) is 24.1. The summed E-state index contributed by atoms with van der Waals surface area (Å²) in [5.74, 6) is 1.45. The molecule has 0 unspecified atom stereocenters. The van der Waals surface area contributed by atoms with Crippen LogP contribution < -0.4 is 5.32 Å². The Kier molecular flexibility index (Phi) is 8.69. The van der Waals surface area contributed by atoms with Crippen molar-refractivity contribution in [2.45, 2.75) is 70.3 Å². The van der Waals surface area contributed by atoms with Crippen molar-refractivity contribution < 1.29 is 9.90 Å². The number of aliphatic hydroxyl groups excluding tert-OH is 1. The average molecular weight is 472 g/mol. The third-order valence-electron chi connectivity index (χ3n) is 6.85. The molecular weight excluding hydrogens is 434 g/mol. The fraction of sp³-hybridized carbons (Fsp3) is 0.640. The largest absolute Gasteiger partial charge is 0.395 e. The lowest BCUT2D eigenvalue weighted by molar-refractivity contribution is -0.139. The van der Waals surface area contributed by atoms with E-state index in [0.29, 0.717) is 12.5 Å². The van der Waals surface area contributed by atoms with Crippen molar-refractivity contribution in [3.05, 3.63) is 35.0 Å². The first-order valence-corrected chi connectivity index (χ1v) is 13.3. The number of carbonyl (C=O) groups is 1. The Labute approximate surface area is 201 Å². The number of aromatic nitrogens is 2. The molecule has 2 aliphatic heterocycles. The molecular formula is C25H37N5O2S. The van der Waals surface area contributed by atoms with Gasteiger partial charge in [-0.15, -0.1) is 11.3 Å². The van der Waals surface area contributed by atoms with Gasteiger partial charge in [-0.2, -0.15) is 0 Å². The summed E-state index contributed by atoms with van der Waals surface area (Å²) in [5, 5.41) is 13.6. The first-order valence-electron chi connectivity index (χ1n) is 12.5. The number of piperidine rings is 2. The van der Waals surface area contributed by atoms with Crippen molar-refractivity contribution in [1.29, 1.82) is 0 Å². The number of thiazole rings is 1. The summed E-state index contributed by atoms with van der Waals surface area (Å²) >= 11 is 1.70. The highest BCUT2D eigenvalue weighted by Crippen LogP contribution is 2.30. The summed E-state index contributed by atoms with van der Waals surface area (Å²) in [4.78, 5) is 28.1. The highest BCUT2D eigenvalue weighted by Gasteiger charge is 2.33. The minimum Gasteiger partial charge on any atom is -0.395 e. The Morgan fingerprint density at radius 1 is 1.21 bits per heavy atom. The molecule has 2 fully saturated rings. The summed E-state index contributed by atoms with van der Waals surface area (Å²) in [5.41, 5.74) is 1.09. The molecule has 8 heteroatoms. The third kappa shape index (κ3) is 6.31. The molecule has 2 aliphatic rings. The van der Waals surface area contributed by atoms with Crippen molar-refractivity contribution in [2.24, 2.45) is 0 Å². The highest BCUT2D eigenvalue weighted by atomic mass is 32.1. The van der Waals surface area contributed by atoms with Gasteiger partial charge in [-0.25, -0.2) is 9.97 Å². The monoisotopic (exact) mass is 471 g/mol. The third-order valence-corrected chi connectivity index (χ3v) is 7.82. The molecule has 2 saturated heterocycles. The molecule has 0 spiro atoms. The Morgan fingerprint density at radius 3 is 2.85 bits per heavy atom. The molecule has 4 heterocycles. The minimum absolute atomic E-state index is 0.0615. The maximum Gasteiger partial charge on any atom is 0.239 e. The van der Waals surface area contributed by atoms with Crippen molar-refractivity contribution in [2.75, 3.05) is 38.1 Å². The van der Waals surface area contributed by atoms with E-state index in [1.165, 1.54) is 17.7 Å². The number of pyridine rings is 1. The van der Waals surface area contributed by atoms with Gasteiger partial charge >= 0.3 is 0 Å². The average Bonchev–Trinajstić information content (AvgIpc) is 3.30. The Hall–Kier alpha value is -2.03. The number of β-amino-alcohol motifs (C(OH)–C–C–N with tert-alkyl or cyclic N) is 1. The molecule has 2 aromatic rings. The Bertz CT molecular complexity index is 894. The van der Waals surface area contributed by atoms with Gasteiger partial charge in [-0.1, -0.05) is 25.8 Å². The standard InChI is InChI=1S/C25H37N5O2S/c1-2-3-7-20-18-26-25(33-20)28-23-10-6-8-21(27-23)19-11-14-30(15-12-19)24(32)22-9-4-5-13-29(22)16-17-31/h6,8,10,18-19,22,31H,2-5,7,9,11-17H2,1H3,(H,26,27,28)/t22-/m0/s1. The van der Waals surface area contributed by atoms with Gasteiger partial charge in [0, 0.05) is 42.3 Å². The lowest BCUT2D eigenvalue weighted by atomic mass is 9.92. The van der Waals surface area contributed by atoms with E-state index < -0.39 is 0 Å². The van der Waals surface area contributed by atoms with Gasteiger partial charge in [0.2, 0.25) is 5.91 Å². The van der Waals surface area contributed by atoms with Crippen LogP contribution in [0.2, 0.25) is 0 Å². The van der Waals surface area contributed by atoms with Crippen molar-refractivity contribution >= 4 is 28.2 Å². The normalized spacial score (nSPS) is 20.2. The molecule has 33 heavy (non-hydrogen) atoms. The number of likely N-dealkylation sites (tertiary alicyclic amines) is 2. The molecule has 0 saturated carbocycles. The molecule has 0 radical (unpaired) electrons. The fourth-order valence-corrected chi connectivity index (χ4v) is 5.82. The lowest BCUT2D eigenvalue weighted by Gasteiger charge is -2.39. The van der Waals surface area contributed by atoms with Crippen LogP contribution in [0.25, 0.3) is 0 Å². The van der Waals surface area contributed by atoms with Crippen molar-refractivity contribution in [3.63, 3.8) is 0 Å². The summed E-state index contributed by atoms with van der Waals surface area (Å²) in [6.45, 7) is 5.38. The second-order valence-corrected chi connectivity index (χ2v) is 10.3. The van der Waals surface area contributed by atoms with Crippen LogP contribution in [-0.4, -0.2) is 69.6 Å². The van der Waals surface area contributed by atoms with Crippen LogP contribution in [0.4, 0.5) is 10.9 Å². The van der Waals surface area contributed by atoms with Gasteiger partial charge < -0.3 is 15.3 Å². The number of anilines is 2. The lowest BCUT2D eigenvalue weighted by Crippen LogP contribution is -2.53. The van der Waals surface area contributed by atoms with Crippen LogP contribution in [0.5, 0.6) is 0 Å². The molecule has 1 atom stereocenters. The fourth-order valence-electron chi connectivity index (χ4n) is 4.96. The number of unbranched alkanes of at least 4 members (excludes halogenated alkanes) is 1. The number of nitrogens with one attached hydrogen (secondary N) is 1. The second kappa shape index (κ2) is 11.9. The molecule has 0 aliphatic carbocycles. The molecule has 0 aromatic carbocycles. The van der Waals surface area contributed by atoms with Gasteiger partial charge in [-0.3, -0.25) is 9.69 Å². The summed E-state index contributed by atoms with van der Waals surface area (Å²) in [7, 11) is 0. The van der Waals surface area contributed by atoms with E-state index in [4.69, 9.17) is 4.98 Å². The van der Waals surface area contributed by atoms with Crippen LogP contribution in [0.3, 0.4) is 0 Å². The quantitative estimate of drug-likeness (QED) is 0.571. The van der Waals surface area contributed by atoms with Crippen molar-refractivity contribution in [3.8, 4) is 0 Å². The molecule has 7 nitrogen and oxygen atoms in total. The Balaban J connectivity index is 1.32. The van der Waals surface area contributed by atoms with E-state index in [0.717, 1.165) is 74.8 Å². The van der Waals surface area contributed by atoms with E-state index in [2.05, 4.69) is 34.3 Å². The maximum absolute atomic E-state index is 13.2. The summed E-state index contributed by atoms with van der Waals surface area (Å²) < 4.78 is 0. The number of aryl methyl sites for hydroxylation is 1. The van der Waals surface area contributed by atoms with Crippen LogP contribution in [0, 0.1) is 0 Å². The van der Waals surface area contributed by atoms with E-state index in [1.807, 2.05) is 17.2 Å². The maximum atomic E-state index is 13.2. The smallest absolute Gasteiger partial charge is 0.239 e. The predicted octanol–water partition coefficient (Wildman–Crippen LogP) is 4.18. The molecule has 1 amide bonds. The van der Waals surface area contributed by atoms with Crippen LogP contribution in [0.1, 0.15) is 68.4 Å². The highest BCUT2D eigenvalue weighted by molar-refractivity contribution is 7.15. The number of aliphatic hydroxyl groups is 1. The zero-order valence-electron chi connectivity index (χ0n) is 19.7. The number of carbonyl (C=O) groups excluding carboxylic acids is 1. The van der Waals surface area contributed by atoms with E-state index >= 15 is 0 Å². The second-order valence-electron chi connectivity index (χ2n) is 9.18. The summed E-state index contributed by atoms with van der Waals surface area (Å²) in [6.07, 6.45) is 10.4. The first-order chi connectivity index (χ1) is 16.2. The van der Waals surface area contributed by atoms with Crippen LogP contribution in [-0.2, 0) is 11.2 Å². The van der Waals surface area contributed by atoms with E-state index in [9.17, 15) is 9.90 Å². The molecule has 2 N–H and O–H groups in total. The predicted molar refractivity (Wildman–Crippen MR) is 133 cm³/mol.